The first-order valence-electron chi connectivity index (χ1n) is 9.43. The summed E-state index contributed by atoms with van der Waals surface area (Å²) in [4.78, 5) is 29.5. The van der Waals surface area contributed by atoms with Crippen molar-refractivity contribution in [2.24, 2.45) is 0 Å². The number of nitrogens with zero attached hydrogens (tertiary/aromatic N) is 3. The molecular formula is C20H20F2N4O3. The molecule has 1 aromatic carbocycles. The highest BCUT2D eigenvalue weighted by atomic mass is 19.3. The molecule has 29 heavy (non-hydrogen) atoms. The van der Waals surface area contributed by atoms with Crippen LogP contribution in [0.4, 0.5) is 8.78 Å². The Hall–Kier alpha value is -2.99. The first kappa shape index (κ1) is 19.3. The van der Waals surface area contributed by atoms with Crippen LogP contribution in [0.5, 0.6) is 5.75 Å². The SMILES string of the molecule is N#CC1CC(F)(F)CN1C(=O)CN1CCC(Oc2cccc3[nH]c(=O)ccc23)C1. The van der Waals surface area contributed by atoms with E-state index >= 15 is 0 Å². The fourth-order valence-corrected chi connectivity index (χ4v) is 3.95. The Bertz CT molecular complexity index is 1030. The van der Waals surface area contributed by atoms with E-state index < -0.39 is 30.8 Å². The number of nitriles is 1. The number of alkyl halides is 2. The molecule has 2 aliphatic heterocycles. The van der Waals surface area contributed by atoms with Crippen LogP contribution in [0.1, 0.15) is 12.8 Å². The van der Waals surface area contributed by atoms with Gasteiger partial charge in [-0.2, -0.15) is 5.26 Å². The molecule has 0 radical (unpaired) electrons. The molecule has 2 unspecified atom stereocenters. The van der Waals surface area contributed by atoms with Crippen LogP contribution in [0.2, 0.25) is 0 Å². The number of carbonyl (C=O) groups excluding carboxylic acids is 1. The molecule has 4 rings (SSSR count). The molecule has 2 aliphatic rings. The number of pyridine rings is 1. The van der Waals surface area contributed by atoms with Crippen molar-refractivity contribution in [1.29, 1.82) is 5.26 Å². The smallest absolute Gasteiger partial charge is 0.268 e. The summed E-state index contributed by atoms with van der Waals surface area (Å²) in [6, 6.07) is 9.26. The molecule has 1 aromatic heterocycles. The Morgan fingerprint density at radius 1 is 1.34 bits per heavy atom. The first-order chi connectivity index (χ1) is 13.8. The topological polar surface area (TPSA) is 89.4 Å². The molecule has 0 spiro atoms. The minimum atomic E-state index is -3.01. The standard InChI is InChI=1S/C20H20F2N4O3/c21-20(22)8-13(9-23)26(12-20)19(28)11-25-7-6-14(10-25)29-17-3-1-2-16-15(17)4-5-18(27)24-16/h1-5,13-14H,6-8,10-12H2,(H,24,27). The predicted molar refractivity (Wildman–Crippen MR) is 101 cm³/mol. The van der Waals surface area contributed by atoms with E-state index in [1.165, 1.54) is 6.07 Å². The van der Waals surface area contributed by atoms with Gasteiger partial charge in [0.1, 0.15) is 17.9 Å². The van der Waals surface area contributed by atoms with E-state index in [4.69, 9.17) is 10.00 Å². The minimum absolute atomic E-state index is 0.0169. The number of carbonyl (C=O) groups is 1. The molecule has 9 heteroatoms. The quantitative estimate of drug-likeness (QED) is 0.842. The minimum Gasteiger partial charge on any atom is -0.488 e. The van der Waals surface area contributed by atoms with Crippen molar-refractivity contribution in [3.05, 3.63) is 40.7 Å². The van der Waals surface area contributed by atoms with Gasteiger partial charge in [-0.05, 0) is 24.6 Å². The van der Waals surface area contributed by atoms with Crippen LogP contribution < -0.4 is 10.3 Å². The Balaban J connectivity index is 1.38. The van der Waals surface area contributed by atoms with Crippen LogP contribution in [-0.4, -0.2) is 64.9 Å². The lowest BCUT2D eigenvalue weighted by molar-refractivity contribution is -0.133. The number of H-pyrrole nitrogens is 1. The molecular weight excluding hydrogens is 382 g/mol. The van der Waals surface area contributed by atoms with Crippen molar-refractivity contribution in [3.8, 4) is 11.8 Å². The number of ether oxygens (including phenoxy) is 1. The van der Waals surface area contributed by atoms with Crippen LogP contribution in [0.25, 0.3) is 10.9 Å². The van der Waals surface area contributed by atoms with Gasteiger partial charge in [0.15, 0.2) is 0 Å². The second kappa shape index (κ2) is 7.44. The van der Waals surface area contributed by atoms with Crippen molar-refractivity contribution in [3.63, 3.8) is 0 Å². The van der Waals surface area contributed by atoms with Crippen LogP contribution in [-0.2, 0) is 4.79 Å². The third-order valence-corrected chi connectivity index (χ3v) is 5.35. The van der Waals surface area contributed by atoms with Gasteiger partial charge in [0, 0.05) is 31.0 Å². The van der Waals surface area contributed by atoms with Gasteiger partial charge in [-0.1, -0.05) is 6.07 Å². The maximum atomic E-state index is 13.6. The summed E-state index contributed by atoms with van der Waals surface area (Å²) in [5, 5.41) is 9.84. The van der Waals surface area contributed by atoms with Gasteiger partial charge in [-0.25, -0.2) is 8.78 Å². The third-order valence-electron chi connectivity index (χ3n) is 5.35. The summed E-state index contributed by atoms with van der Waals surface area (Å²) in [5.74, 6) is -2.83. The average molecular weight is 402 g/mol. The Morgan fingerprint density at radius 3 is 2.97 bits per heavy atom. The molecule has 0 saturated carbocycles. The van der Waals surface area contributed by atoms with Crippen molar-refractivity contribution in [2.75, 3.05) is 26.2 Å². The van der Waals surface area contributed by atoms with Crippen LogP contribution >= 0.6 is 0 Å². The molecule has 2 atom stereocenters. The first-order valence-corrected chi connectivity index (χ1v) is 9.43. The van der Waals surface area contributed by atoms with Gasteiger partial charge in [0.25, 0.3) is 5.92 Å². The van der Waals surface area contributed by atoms with Gasteiger partial charge < -0.3 is 14.6 Å². The molecule has 2 aromatic rings. The number of aromatic nitrogens is 1. The van der Waals surface area contributed by atoms with Crippen molar-refractivity contribution in [1.82, 2.24) is 14.8 Å². The highest BCUT2D eigenvalue weighted by Crippen LogP contribution is 2.32. The monoisotopic (exact) mass is 402 g/mol. The zero-order valence-corrected chi connectivity index (χ0v) is 15.6. The maximum absolute atomic E-state index is 13.6. The number of fused-ring (bicyclic) bond motifs is 1. The summed E-state index contributed by atoms with van der Waals surface area (Å²) in [5.41, 5.74) is 0.487. The number of hydrogen-bond donors (Lipinski definition) is 1. The van der Waals surface area contributed by atoms with Gasteiger partial charge in [0.05, 0.1) is 24.7 Å². The molecule has 7 nitrogen and oxygen atoms in total. The maximum Gasteiger partial charge on any atom is 0.268 e. The zero-order chi connectivity index (χ0) is 20.6. The van der Waals surface area contributed by atoms with Gasteiger partial charge in [-0.3, -0.25) is 14.5 Å². The summed E-state index contributed by atoms with van der Waals surface area (Å²) in [6.45, 7) is 0.357. The van der Waals surface area contributed by atoms with Gasteiger partial charge in [-0.15, -0.1) is 0 Å². The van der Waals surface area contributed by atoms with Crippen molar-refractivity contribution >= 4 is 16.8 Å². The normalized spacial score (nSPS) is 24.0. The molecule has 152 valence electrons. The van der Waals surface area contributed by atoms with Crippen LogP contribution in [0, 0.1) is 11.3 Å². The number of hydrogen-bond acceptors (Lipinski definition) is 5. The lowest BCUT2D eigenvalue weighted by atomic mass is 10.2. The van der Waals surface area contributed by atoms with Crippen molar-refractivity contribution < 1.29 is 18.3 Å². The average Bonchev–Trinajstić information content (AvgIpc) is 3.24. The number of halogens is 2. The molecule has 0 aliphatic carbocycles. The van der Waals surface area contributed by atoms with E-state index in [0.29, 0.717) is 30.8 Å². The molecule has 2 fully saturated rings. The fraction of sp³-hybridized carbons (Fsp3) is 0.450. The Morgan fingerprint density at radius 2 is 2.17 bits per heavy atom. The Kier molecular flexibility index (Phi) is 4.96. The second-order valence-electron chi connectivity index (χ2n) is 7.53. The van der Waals surface area contributed by atoms with Gasteiger partial charge >= 0.3 is 0 Å². The third kappa shape index (κ3) is 4.07. The molecule has 1 N–H and O–H groups in total. The number of amides is 1. The molecule has 0 bridgehead atoms. The lowest BCUT2D eigenvalue weighted by Gasteiger charge is -2.23. The number of aromatic amines is 1. The van der Waals surface area contributed by atoms with Crippen LogP contribution in [0.15, 0.2) is 35.1 Å². The summed E-state index contributed by atoms with van der Waals surface area (Å²) in [7, 11) is 0. The van der Waals surface area contributed by atoms with E-state index in [9.17, 15) is 18.4 Å². The summed E-state index contributed by atoms with van der Waals surface area (Å²) < 4.78 is 33.2. The number of rotatable bonds is 4. The largest absolute Gasteiger partial charge is 0.488 e. The highest BCUT2D eigenvalue weighted by molar-refractivity contribution is 5.84. The fourth-order valence-electron chi connectivity index (χ4n) is 3.95. The van der Waals surface area contributed by atoms with Crippen LogP contribution in [0.3, 0.4) is 0 Å². The highest BCUT2D eigenvalue weighted by Gasteiger charge is 2.47. The van der Waals surface area contributed by atoms with E-state index in [0.717, 1.165) is 10.3 Å². The molecule has 1 amide bonds. The summed E-state index contributed by atoms with van der Waals surface area (Å²) >= 11 is 0. The number of nitrogens with one attached hydrogen (secondary N) is 1. The van der Waals surface area contributed by atoms with E-state index in [1.807, 2.05) is 11.0 Å². The van der Waals surface area contributed by atoms with E-state index in [-0.39, 0.29) is 18.2 Å². The van der Waals surface area contributed by atoms with Gasteiger partial charge in [0.2, 0.25) is 11.5 Å². The molecule has 2 saturated heterocycles. The number of likely N-dealkylation sites (tertiary alicyclic amines) is 2. The van der Waals surface area contributed by atoms with E-state index in [2.05, 4.69) is 4.98 Å². The second-order valence-corrected chi connectivity index (χ2v) is 7.53. The predicted octanol–water partition coefficient (Wildman–Crippen LogP) is 1.74. The molecule has 3 heterocycles. The summed E-state index contributed by atoms with van der Waals surface area (Å²) in [6.07, 6.45) is -0.0817. The van der Waals surface area contributed by atoms with Crippen molar-refractivity contribution in [2.45, 2.75) is 30.9 Å². The van der Waals surface area contributed by atoms with E-state index in [1.54, 1.807) is 24.3 Å². The number of benzene rings is 1. The zero-order valence-electron chi connectivity index (χ0n) is 15.6. The Labute approximate surface area is 165 Å². The lowest BCUT2D eigenvalue weighted by Crippen LogP contribution is -2.42.